The molecule has 1 aliphatic heterocycles. The SMILES string of the molecule is C[C@@H](NC(=O)N1CCN(c2ccccc2)CC1)C(=O)NCc1ccc(S(N)(=O)=O)cc1. The lowest BCUT2D eigenvalue weighted by molar-refractivity contribution is -0.122. The van der Waals surface area contributed by atoms with E-state index in [9.17, 15) is 18.0 Å². The number of anilines is 1. The van der Waals surface area contributed by atoms with Gasteiger partial charge in [0.2, 0.25) is 15.9 Å². The van der Waals surface area contributed by atoms with E-state index in [0.717, 1.165) is 24.3 Å². The Bertz CT molecular complexity index is 1000. The molecule has 1 fully saturated rings. The maximum Gasteiger partial charge on any atom is 0.318 e. The van der Waals surface area contributed by atoms with Crippen molar-refractivity contribution in [1.82, 2.24) is 15.5 Å². The van der Waals surface area contributed by atoms with Crippen LogP contribution in [0.1, 0.15) is 12.5 Å². The predicted octanol–water partition coefficient (Wildman–Crippen LogP) is 0.871. The van der Waals surface area contributed by atoms with Crippen molar-refractivity contribution < 1.29 is 18.0 Å². The number of rotatable bonds is 6. The first kappa shape index (κ1) is 22.6. The van der Waals surface area contributed by atoms with Crippen molar-refractivity contribution >= 4 is 27.6 Å². The number of hydrogen-bond acceptors (Lipinski definition) is 5. The molecular formula is C21H27N5O4S. The zero-order valence-electron chi connectivity index (χ0n) is 17.3. The summed E-state index contributed by atoms with van der Waals surface area (Å²) in [4.78, 5) is 28.8. The molecule has 1 aliphatic rings. The fourth-order valence-electron chi connectivity index (χ4n) is 3.29. The molecule has 0 aromatic heterocycles. The Morgan fingerprint density at radius 2 is 1.61 bits per heavy atom. The van der Waals surface area contributed by atoms with Crippen LogP contribution in [0.25, 0.3) is 0 Å². The Labute approximate surface area is 182 Å². The quantitative estimate of drug-likeness (QED) is 0.609. The number of nitrogens with one attached hydrogen (secondary N) is 2. The van der Waals surface area contributed by atoms with E-state index in [1.54, 1.807) is 24.0 Å². The van der Waals surface area contributed by atoms with Crippen LogP contribution in [0.2, 0.25) is 0 Å². The van der Waals surface area contributed by atoms with E-state index in [4.69, 9.17) is 5.14 Å². The van der Waals surface area contributed by atoms with Gasteiger partial charge in [-0.3, -0.25) is 4.79 Å². The maximum atomic E-state index is 12.5. The van der Waals surface area contributed by atoms with E-state index in [-0.39, 0.29) is 23.4 Å². The number of hydrogen-bond donors (Lipinski definition) is 3. The van der Waals surface area contributed by atoms with Crippen LogP contribution in [0.4, 0.5) is 10.5 Å². The van der Waals surface area contributed by atoms with Crippen molar-refractivity contribution in [2.75, 3.05) is 31.1 Å². The lowest BCUT2D eigenvalue weighted by Crippen LogP contribution is -2.55. The molecule has 3 amide bonds. The number of nitrogens with two attached hydrogens (primary N) is 1. The maximum absolute atomic E-state index is 12.5. The molecule has 0 radical (unpaired) electrons. The molecule has 1 saturated heterocycles. The lowest BCUT2D eigenvalue weighted by Gasteiger charge is -2.36. The molecule has 4 N–H and O–H groups in total. The first-order chi connectivity index (χ1) is 14.7. The third-order valence-corrected chi connectivity index (χ3v) is 6.07. The predicted molar refractivity (Wildman–Crippen MR) is 118 cm³/mol. The van der Waals surface area contributed by atoms with Crippen molar-refractivity contribution in [1.29, 1.82) is 0 Å². The lowest BCUT2D eigenvalue weighted by atomic mass is 10.2. The summed E-state index contributed by atoms with van der Waals surface area (Å²) in [5, 5.41) is 10.5. The minimum absolute atomic E-state index is 0.00979. The van der Waals surface area contributed by atoms with Gasteiger partial charge in [-0.1, -0.05) is 30.3 Å². The second-order valence-electron chi connectivity index (χ2n) is 7.39. The van der Waals surface area contributed by atoms with Gasteiger partial charge < -0.3 is 20.4 Å². The number of carbonyl (C=O) groups excluding carboxylic acids is 2. The molecule has 31 heavy (non-hydrogen) atoms. The van der Waals surface area contributed by atoms with Crippen LogP contribution in [-0.4, -0.2) is 57.5 Å². The molecule has 0 unspecified atom stereocenters. The molecule has 1 heterocycles. The highest BCUT2D eigenvalue weighted by atomic mass is 32.2. The van der Waals surface area contributed by atoms with E-state index in [1.807, 2.05) is 30.3 Å². The Kier molecular flexibility index (Phi) is 7.13. The molecule has 10 heteroatoms. The van der Waals surface area contributed by atoms with E-state index >= 15 is 0 Å². The molecule has 0 bridgehead atoms. The summed E-state index contributed by atoms with van der Waals surface area (Å²) >= 11 is 0. The second-order valence-corrected chi connectivity index (χ2v) is 8.95. The average Bonchev–Trinajstić information content (AvgIpc) is 2.77. The van der Waals surface area contributed by atoms with Crippen LogP contribution in [0, 0.1) is 0 Å². The molecule has 9 nitrogen and oxygen atoms in total. The van der Waals surface area contributed by atoms with Gasteiger partial charge in [-0.25, -0.2) is 18.4 Å². The number of piperazine rings is 1. The molecule has 0 saturated carbocycles. The van der Waals surface area contributed by atoms with E-state index in [1.165, 1.54) is 12.1 Å². The third-order valence-electron chi connectivity index (χ3n) is 5.14. The molecule has 0 spiro atoms. The van der Waals surface area contributed by atoms with Crippen LogP contribution in [0.15, 0.2) is 59.5 Å². The molecule has 0 aliphatic carbocycles. The third kappa shape index (κ3) is 6.19. The van der Waals surface area contributed by atoms with Gasteiger partial charge in [0.15, 0.2) is 0 Å². The number of primary sulfonamides is 1. The van der Waals surface area contributed by atoms with Gasteiger partial charge in [0.25, 0.3) is 0 Å². The Morgan fingerprint density at radius 1 is 1.00 bits per heavy atom. The normalized spacial score (nSPS) is 15.3. The Morgan fingerprint density at radius 3 is 2.19 bits per heavy atom. The van der Waals surface area contributed by atoms with E-state index in [0.29, 0.717) is 13.1 Å². The van der Waals surface area contributed by atoms with Crippen molar-refractivity contribution in [3.63, 3.8) is 0 Å². The smallest absolute Gasteiger partial charge is 0.318 e. The highest BCUT2D eigenvalue weighted by Crippen LogP contribution is 2.15. The standard InChI is InChI=1S/C21H27N5O4S/c1-16(20(27)23-15-17-7-9-19(10-8-17)31(22,29)30)24-21(28)26-13-11-25(12-14-26)18-5-3-2-4-6-18/h2-10,16H,11-15H2,1H3,(H,23,27)(H,24,28)(H2,22,29,30)/t16-/m1/s1. The van der Waals surface area contributed by atoms with Gasteiger partial charge in [0.1, 0.15) is 6.04 Å². The molecule has 1 atom stereocenters. The number of carbonyl (C=O) groups is 2. The fourth-order valence-corrected chi connectivity index (χ4v) is 3.80. The van der Waals surface area contributed by atoms with E-state index in [2.05, 4.69) is 15.5 Å². The van der Waals surface area contributed by atoms with Crippen molar-refractivity contribution in [2.24, 2.45) is 5.14 Å². The summed E-state index contributed by atoms with van der Waals surface area (Å²) < 4.78 is 22.6. The van der Waals surface area contributed by atoms with Crippen LogP contribution < -0.4 is 20.7 Å². The molecule has 3 rings (SSSR count). The van der Waals surface area contributed by atoms with Gasteiger partial charge in [-0.2, -0.15) is 0 Å². The molecule has 166 valence electrons. The molecule has 2 aromatic rings. The number of sulfonamides is 1. The van der Waals surface area contributed by atoms with Gasteiger partial charge >= 0.3 is 6.03 Å². The zero-order valence-corrected chi connectivity index (χ0v) is 18.1. The highest BCUT2D eigenvalue weighted by molar-refractivity contribution is 7.89. The average molecular weight is 446 g/mol. The topological polar surface area (TPSA) is 125 Å². The number of amides is 3. The first-order valence-electron chi connectivity index (χ1n) is 9.99. The van der Waals surface area contributed by atoms with Gasteiger partial charge in [0.05, 0.1) is 4.90 Å². The Hall–Kier alpha value is -3.11. The zero-order chi connectivity index (χ0) is 22.4. The summed E-state index contributed by atoms with van der Waals surface area (Å²) in [6, 6.07) is 15.0. The largest absolute Gasteiger partial charge is 0.368 e. The minimum Gasteiger partial charge on any atom is -0.368 e. The van der Waals surface area contributed by atoms with Crippen molar-refractivity contribution in [2.45, 2.75) is 24.4 Å². The number of nitrogens with zero attached hydrogens (tertiary/aromatic N) is 2. The Balaban J connectivity index is 1.43. The molecular weight excluding hydrogens is 418 g/mol. The highest BCUT2D eigenvalue weighted by Gasteiger charge is 2.24. The summed E-state index contributed by atoms with van der Waals surface area (Å²) in [5.74, 6) is -0.327. The van der Waals surface area contributed by atoms with E-state index < -0.39 is 16.1 Å². The van der Waals surface area contributed by atoms with Crippen LogP contribution in [0.3, 0.4) is 0 Å². The monoisotopic (exact) mass is 445 g/mol. The van der Waals surface area contributed by atoms with Crippen LogP contribution in [-0.2, 0) is 21.4 Å². The first-order valence-corrected chi connectivity index (χ1v) is 11.5. The van der Waals surface area contributed by atoms with Crippen LogP contribution in [0.5, 0.6) is 0 Å². The fraction of sp³-hybridized carbons (Fsp3) is 0.333. The summed E-state index contributed by atoms with van der Waals surface area (Å²) in [6.07, 6.45) is 0. The second kappa shape index (κ2) is 9.80. The van der Waals surface area contributed by atoms with Crippen LogP contribution >= 0.6 is 0 Å². The van der Waals surface area contributed by atoms with Crippen molar-refractivity contribution in [3.8, 4) is 0 Å². The van der Waals surface area contributed by atoms with Gasteiger partial charge in [-0.15, -0.1) is 0 Å². The number of urea groups is 1. The van der Waals surface area contributed by atoms with Gasteiger partial charge in [-0.05, 0) is 36.8 Å². The number of para-hydroxylation sites is 1. The minimum atomic E-state index is -3.75. The summed E-state index contributed by atoms with van der Waals surface area (Å²) in [5.41, 5.74) is 1.85. The number of benzene rings is 2. The summed E-state index contributed by atoms with van der Waals surface area (Å²) in [7, 11) is -3.75. The van der Waals surface area contributed by atoms with Crippen molar-refractivity contribution in [3.05, 3.63) is 60.2 Å². The van der Waals surface area contributed by atoms with Gasteiger partial charge in [0, 0.05) is 38.4 Å². The summed E-state index contributed by atoms with van der Waals surface area (Å²) in [6.45, 7) is 4.44. The molecule has 2 aromatic carbocycles.